The summed E-state index contributed by atoms with van der Waals surface area (Å²) in [7, 11) is 0. The van der Waals surface area contributed by atoms with Crippen molar-refractivity contribution >= 4 is 11.9 Å². The third-order valence-electron chi connectivity index (χ3n) is 1.64. The van der Waals surface area contributed by atoms with Crippen molar-refractivity contribution < 1.29 is 15.0 Å². The molecule has 0 bridgehead atoms. The van der Waals surface area contributed by atoms with Crippen LogP contribution in [0.25, 0.3) is 6.08 Å². The molecule has 1 aromatic carbocycles. The van der Waals surface area contributed by atoms with E-state index in [0.29, 0.717) is 5.56 Å². The minimum Gasteiger partial charge on any atom is -0.504 e. The second-order valence-electron chi connectivity index (χ2n) is 2.69. The molecule has 0 aliphatic carbocycles. The molecule has 0 heterocycles. The zero-order chi connectivity index (χ0) is 10.6. The van der Waals surface area contributed by atoms with Crippen LogP contribution >= 0.6 is 0 Å². The average molecular weight is 190 g/mol. The number of ketones is 1. The van der Waals surface area contributed by atoms with E-state index < -0.39 is 0 Å². The molecule has 0 atom stereocenters. The molecule has 1 aromatic rings. The molecule has 0 saturated heterocycles. The molecule has 0 aliphatic rings. The molecule has 0 fully saturated rings. The Hall–Kier alpha value is -2.03. The normalized spacial score (nSPS) is 10.3. The Balaban J connectivity index is 2.88. The lowest BCUT2D eigenvalue weighted by atomic mass is 10.2. The molecule has 14 heavy (non-hydrogen) atoms. The quantitative estimate of drug-likeness (QED) is 0.565. The first-order valence-corrected chi connectivity index (χ1v) is 4.00. The minimum absolute atomic E-state index is 0.183. The van der Waals surface area contributed by atoms with Crippen LogP contribution < -0.4 is 0 Å². The van der Waals surface area contributed by atoms with Gasteiger partial charge in [0.15, 0.2) is 17.3 Å². The summed E-state index contributed by atoms with van der Waals surface area (Å²) < 4.78 is 0. The summed E-state index contributed by atoms with van der Waals surface area (Å²) in [5.41, 5.74) is 0.635. The third-order valence-corrected chi connectivity index (χ3v) is 1.64. The molecule has 0 aromatic heterocycles. The van der Waals surface area contributed by atoms with Crippen LogP contribution in [0.2, 0.25) is 0 Å². The van der Waals surface area contributed by atoms with Gasteiger partial charge in [-0.25, -0.2) is 0 Å². The van der Waals surface area contributed by atoms with E-state index >= 15 is 0 Å². The van der Waals surface area contributed by atoms with Gasteiger partial charge in [-0.3, -0.25) is 4.79 Å². The van der Waals surface area contributed by atoms with Gasteiger partial charge < -0.3 is 10.2 Å². The summed E-state index contributed by atoms with van der Waals surface area (Å²) >= 11 is 0. The van der Waals surface area contributed by atoms with Crippen LogP contribution in [0.1, 0.15) is 5.56 Å². The van der Waals surface area contributed by atoms with E-state index in [0.717, 1.165) is 0 Å². The molecule has 0 radical (unpaired) electrons. The third kappa shape index (κ3) is 2.48. The maximum atomic E-state index is 10.8. The van der Waals surface area contributed by atoms with Crippen molar-refractivity contribution in [1.29, 1.82) is 0 Å². The lowest BCUT2D eigenvalue weighted by molar-refractivity contribution is -0.110. The number of carbonyl (C=O) groups is 1. The fourth-order valence-electron chi connectivity index (χ4n) is 0.891. The summed E-state index contributed by atoms with van der Waals surface area (Å²) in [6.45, 7) is 3.31. The zero-order valence-corrected chi connectivity index (χ0v) is 7.47. The molecule has 72 valence electrons. The molecule has 0 aliphatic heterocycles. The van der Waals surface area contributed by atoms with E-state index in [-0.39, 0.29) is 17.3 Å². The molecule has 1 rings (SSSR count). The monoisotopic (exact) mass is 190 g/mol. The molecule has 0 unspecified atom stereocenters. The van der Waals surface area contributed by atoms with Gasteiger partial charge in [0.2, 0.25) is 0 Å². The summed E-state index contributed by atoms with van der Waals surface area (Å²) in [6.07, 6.45) is 4.05. The van der Waals surface area contributed by atoms with Crippen molar-refractivity contribution in [3.8, 4) is 11.5 Å². The average Bonchev–Trinajstić information content (AvgIpc) is 2.19. The van der Waals surface area contributed by atoms with Gasteiger partial charge in [0.25, 0.3) is 0 Å². The summed E-state index contributed by atoms with van der Waals surface area (Å²) in [6, 6.07) is 4.30. The van der Waals surface area contributed by atoms with Gasteiger partial charge in [-0.1, -0.05) is 18.7 Å². The van der Waals surface area contributed by atoms with Crippen LogP contribution in [-0.2, 0) is 4.79 Å². The van der Waals surface area contributed by atoms with Gasteiger partial charge in [0.1, 0.15) is 0 Å². The first-order chi connectivity index (χ1) is 6.63. The van der Waals surface area contributed by atoms with Crippen LogP contribution in [0.5, 0.6) is 11.5 Å². The van der Waals surface area contributed by atoms with Gasteiger partial charge in [0.05, 0.1) is 0 Å². The second-order valence-corrected chi connectivity index (χ2v) is 2.69. The van der Waals surface area contributed by atoms with Gasteiger partial charge >= 0.3 is 0 Å². The molecular weight excluding hydrogens is 180 g/mol. The molecule has 0 saturated carbocycles. The van der Waals surface area contributed by atoms with Crippen molar-refractivity contribution in [2.24, 2.45) is 0 Å². The topological polar surface area (TPSA) is 57.5 Å². The molecule has 3 heteroatoms. The number of allylic oxidation sites excluding steroid dienone is 2. The number of benzene rings is 1. The van der Waals surface area contributed by atoms with Gasteiger partial charge in [0, 0.05) is 0 Å². The Morgan fingerprint density at radius 2 is 2.00 bits per heavy atom. The lowest BCUT2D eigenvalue weighted by Crippen LogP contribution is -1.82. The minimum atomic E-state index is -0.211. The maximum absolute atomic E-state index is 10.8. The van der Waals surface area contributed by atoms with Crippen molar-refractivity contribution in [3.63, 3.8) is 0 Å². The Morgan fingerprint density at radius 1 is 1.29 bits per heavy atom. The SMILES string of the molecule is C=CC(=O)/C=C/c1ccc(O)c(O)c1. The lowest BCUT2D eigenvalue weighted by Gasteiger charge is -1.97. The number of hydrogen-bond donors (Lipinski definition) is 2. The smallest absolute Gasteiger partial charge is 0.178 e. The van der Waals surface area contributed by atoms with Crippen LogP contribution in [0, 0.1) is 0 Å². The Labute approximate surface area is 81.6 Å². The zero-order valence-electron chi connectivity index (χ0n) is 7.47. The highest BCUT2D eigenvalue weighted by Crippen LogP contribution is 2.25. The Kier molecular flexibility index (Phi) is 3.07. The highest BCUT2D eigenvalue weighted by Gasteiger charge is 1.97. The molecular formula is C11H10O3. The van der Waals surface area contributed by atoms with Crippen molar-refractivity contribution in [1.82, 2.24) is 0 Å². The van der Waals surface area contributed by atoms with Crippen LogP contribution in [0.3, 0.4) is 0 Å². The predicted octanol–water partition coefficient (Wildman–Crippen LogP) is 1.87. The summed E-state index contributed by atoms with van der Waals surface area (Å²) in [5.74, 6) is -0.604. The number of phenolic OH excluding ortho intramolecular Hbond substituents is 2. The fourth-order valence-corrected chi connectivity index (χ4v) is 0.891. The first-order valence-electron chi connectivity index (χ1n) is 4.00. The van der Waals surface area contributed by atoms with Gasteiger partial charge in [-0.05, 0) is 29.8 Å². The van der Waals surface area contributed by atoms with Crippen LogP contribution in [-0.4, -0.2) is 16.0 Å². The fraction of sp³-hybridized carbons (Fsp3) is 0. The van der Waals surface area contributed by atoms with Crippen molar-refractivity contribution in [2.45, 2.75) is 0 Å². The predicted molar refractivity (Wildman–Crippen MR) is 54.0 cm³/mol. The number of rotatable bonds is 3. The standard InChI is InChI=1S/C11H10O3/c1-2-9(12)5-3-8-4-6-10(13)11(14)7-8/h2-7,13-14H,1H2/b5-3+. The second kappa shape index (κ2) is 4.28. The van der Waals surface area contributed by atoms with Gasteiger partial charge in [-0.15, -0.1) is 0 Å². The van der Waals surface area contributed by atoms with E-state index in [2.05, 4.69) is 6.58 Å². The summed E-state index contributed by atoms with van der Waals surface area (Å²) in [5, 5.41) is 18.1. The highest BCUT2D eigenvalue weighted by atomic mass is 16.3. The number of aromatic hydroxyl groups is 2. The summed E-state index contributed by atoms with van der Waals surface area (Å²) in [4.78, 5) is 10.8. The van der Waals surface area contributed by atoms with E-state index in [1.54, 1.807) is 6.07 Å². The molecule has 2 N–H and O–H groups in total. The van der Waals surface area contributed by atoms with Crippen molar-refractivity contribution in [2.75, 3.05) is 0 Å². The van der Waals surface area contributed by atoms with Crippen molar-refractivity contribution in [3.05, 3.63) is 42.5 Å². The largest absolute Gasteiger partial charge is 0.504 e. The maximum Gasteiger partial charge on any atom is 0.178 e. The number of carbonyl (C=O) groups excluding carboxylic acids is 1. The van der Waals surface area contributed by atoms with E-state index in [1.807, 2.05) is 0 Å². The molecule has 0 spiro atoms. The Bertz CT molecular complexity index is 392. The Morgan fingerprint density at radius 3 is 2.57 bits per heavy atom. The van der Waals surface area contributed by atoms with Gasteiger partial charge in [-0.2, -0.15) is 0 Å². The number of hydrogen-bond acceptors (Lipinski definition) is 3. The molecule has 0 amide bonds. The van der Waals surface area contributed by atoms with E-state index in [9.17, 15) is 4.79 Å². The first kappa shape index (κ1) is 10.1. The van der Waals surface area contributed by atoms with Crippen LogP contribution in [0.15, 0.2) is 36.9 Å². The van der Waals surface area contributed by atoms with E-state index in [4.69, 9.17) is 10.2 Å². The number of phenols is 2. The molecule has 3 nitrogen and oxygen atoms in total. The highest BCUT2D eigenvalue weighted by molar-refractivity contribution is 6.01. The van der Waals surface area contributed by atoms with Crippen LogP contribution in [0.4, 0.5) is 0 Å². The van der Waals surface area contributed by atoms with E-state index in [1.165, 1.54) is 30.4 Å².